The van der Waals surface area contributed by atoms with Gasteiger partial charge in [-0.2, -0.15) is 4.31 Å². The van der Waals surface area contributed by atoms with E-state index in [4.69, 9.17) is 0 Å². The molecule has 2 saturated heterocycles. The molecule has 0 saturated carbocycles. The van der Waals surface area contributed by atoms with Crippen LogP contribution in [-0.2, 0) is 21.4 Å². The number of carbonyl (C=O) groups is 1. The second kappa shape index (κ2) is 9.46. The van der Waals surface area contributed by atoms with Crippen molar-refractivity contribution in [2.24, 2.45) is 5.92 Å². The van der Waals surface area contributed by atoms with Crippen molar-refractivity contribution in [2.75, 3.05) is 39.3 Å². The van der Waals surface area contributed by atoms with Crippen LogP contribution in [0.2, 0.25) is 0 Å². The van der Waals surface area contributed by atoms with E-state index in [-0.39, 0.29) is 17.6 Å². The van der Waals surface area contributed by atoms with Crippen LogP contribution in [0.15, 0.2) is 59.5 Å². The lowest BCUT2D eigenvalue weighted by Gasteiger charge is -2.38. The van der Waals surface area contributed by atoms with Crippen molar-refractivity contribution in [3.8, 4) is 0 Å². The van der Waals surface area contributed by atoms with E-state index >= 15 is 0 Å². The smallest absolute Gasteiger partial charge is 0.243 e. The highest BCUT2D eigenvalue weighted by atomic mass is 32.2. The molecule has 2 fully saturated rings. The molecule has 1 atom stereocenters. The molecule has 0 radical (unpaired) electrons. The van der Waals surface area contributed by atoms with Crippen molar-refractivity contribution >= 4 is 15.9 Å². The van der Waals surface area contributed by atoms with Crippen molar-refractivity contribution in [3.63, 3.8) is 0 Å². The fraction of sp³-hybridized carbons (Fsp3) is 0.435. The molecule has 8 heteroatoms. The van der Waals surface area contributed by atoms with Gasteiger partial charge in [-0.3, -0.25) is 9.69 Å². The molecule has 2 aliphatic heterocycles. The summed E-state index contributed by atoms with van der Waals surface area (Å²) in [6.07, 6.45) is 1.79. The Morgan fingerprint density at radius 2 is 1.61 bits per heavy atom. The normalized spacial score (nSPS) is 21.2. The first-order valence-electron chi connectivity index (χ1n) is 10.7. The minimum Gasteiger partial charge on any atom is -0.340 e. The van der Waals surface area contributed by atoms with Gasteiger partial charge in [-0.1, -0.05) is 30.3 Å². The lowest BCUT2D eigenvalue weighted by Crippen LogP contribution is -2.53. The maximum atomic E-state index is 13.1. The molecule has 31 heavy (non-hydrogen) atoms. The Labute approximate surface area is 183 Å². The van der Waals surface area contributed by atoms with Crippen molar-refractivity contribution in [2.45, 2.75) is 24.3 Å². The Hall–Kier alpha value is -2.29. The van der Waals surface area contributed by atoms with Crippen LogP contribution in [0.5, 0.6) is 0 Å². The summed E-state index contributed by atoms with van der Waals surface area (Å²) in [6, 6.07) is 14.9. The molecule has 0 unspecified atom stereocenters. The summed E-state index contributed by atoms with van der Waals surface area (Å²) in [6.45, 7) is 3.76. The van der Waals surface area contributed by atoms with Crippen LogP contribution < -0.4 is 0 Å². The number of nitrogens with zero attached hydrogens (tertiary/aromatic N) is 3. The first kappa shape index (κ1) is 21.9. The number of piperidine rings is 1. The number of likely N-dealkylation sites (tertiary alicyclic amines) is 1. The summed E-state index contributed by atoms with van der Waals surface area (Å²) in [5.74, 6) is -0.212. The summed E-state index contributed by atoms with van der Waals surface area (Å²) in [5, 5.41) is 0. The number of halogens is 1. The highest BCUT2D eigenvalue weighted by Crippen LogP contribution is 2.23. The molecule has 0 N–H and O–H groups in total. The maximum absolute atomic E-state index is 13.1. The van der Waals surface area contributed by atoms with Crippen molar-refractivity contribution in [1.82, 2.24) is 14.1 Å². The number of sulfonamides is 1. The molecular formula is C23H28FN3O3S. The van der Waals surface area contributed by atoms with Gasteiger partial charge in [-0.25, -0.2) is 12.8 Å². The van der Waals surface area contributed by atoms with Gasteiger partial charge in [0, 0.05) is 39.3 Å². The van der Waals surface area contributed by atoms with E-state index in [2.05, 4.69) is 4.90 Å². The monoisotopic (exact) mass is 445 g/mol. The number of amides is 1. The predicted molar refractivity (Wildman–Crippen MR) is 116 cm³/mol. The van der Waals surface area contributed by atoms with E-state index in [1.165, 1.54) is 16.4 Å². The minimum atomic E-state index is -3.52. The van der Waals surface area contributed by atoms with Gasteiger partial charge in [0.05, 0.1) is 10.8 Å². The molecule has 0 bridgehead atoms. The number of hydrogen-bond donors (Lipinski definition) is 0. The molecule has 0 aromatic heterocycles. The fourth-order valence-corrected chi connectivity index (χ4v) is 5.84. The molecule has 2 heterocycles. The molecule has 2 aromatic rings. The topological polar surface area (TPSA) is 60.9 Å². The highest BCUT2D eigenvalue weighted by Gasteiger charge is 2.34. The lowest BCUT2D eigenvalue weighted by atomic mass is 9.95. The van der Waals surface area contributed by atoms with E-state index < -0.39 is 10.0 Å². The molecule has 0 spiro atoms. The second-order valence-corrected chi connectivity index (χ2v) is 10.2. The number of rotatable bonds is 5. The van der Waals surface area contributed by atoms with Gasteiger partial charge >= 0.3 is 0 Å². The predicted octanol–water partition coefficient (Wildman–Crippen LogP) is 2.57. The highest BCUT2D eigenvalue weighted by molar-refractivity contribution is 7.89. The van der Waals surface area contributed by atoms with E-state index in [1.54, 1.807) is 42.5 Å². The average Bonchev–Trinajstić information content (AvgIpc) is 2.81. The van der Waals surface area contributed by atoms with Crippen molar-refractivity contribution < 1.29 is 17.6 Å². The number of hydrogen-bond acceptors (Lipinski definition) is 4. The van der Waals surface area contributed by atoms with Gasteiger partial charge in [0.1, 0.15) is 5.82 Å². The fourth-order valence-electron chi connectivity index (χ4n) is 4.40. The van der Waals surface area contributed by atoms with Crippen molar-refractivity contribution in [3.05, 3.63) is 66.0 Å². The van der Waals surface area contributed by atoms with Crippen molar-refractivity contribution in [1.29, 1.82) is 0 Å². The number of benzene rings is 2. The molecule has 0 aliphatic carbocycles. The zero-order valence-corrected chi connectivity index (χ0v) is 18.3. The van der Waals surface area contributed by atoms with Gasteiger partial charge in [0.2, 0.25) is 15.9 Å². The second-order valence-electron chi connectivity index (χ2n) is 8.24. The lowest BCUT2D eigenvalue weighted by molar-refractivity contribution is -0.138. The van der Waals surface area contributed by atoms with Gasteiger partial charge in [0.15, 0.2) is 0 Å². The Morgan fingerprint density at radius 1 is 0.935 bits per heavy atom. The zero-order valence-electron chi connectivity index (χ0n) is 17.5. The molecule has 1 amide bonds. The Kier molecular flexibility index (Phi) is 6.69. The molecule has 166 valence electrons. The van der Waals surface area contributed by atoms with E-state index in [9.17, 15) is 17.6 Å². The largest absolute Gasteiger partial charge is 0.340 e. The first-order chi connectivity index (χ1) is 14.9. The van der Waals surface area contributed by atoms with Crippen LogP contribution in [0.25, 0.3) is 0 Å². The third kappa shape index (κ3) is 5.14. The van der Waals surface area contributed by atoms with Gasteiger partial charge < -0.3 is 4.90 Å². The van der Waals surface area contributed by atoms with E-state index in [1.807, 2.05) is 4.90 Å². The summed E-state index contributed by atoms with van der Waals surface area (Å²) in [5.41, 5.74) is 1.04. The third-order valence-electron chi connectivity index (χ3n) is 6.11. The summed E-state index contributed by atoms with van der Waals surface area (Å²) in [4.78, 5) is 17.4. The molecule has 4 rings (SSSR count). The quantitative estimate of drug-likeness (QED) is 0.710. The summed E-state index contributed by atoms with van der Waals surface area (Å²) >= 11 is 0. The van der Waals surface area contributed by atoms with E-state index in [0.717, 1.165) is 24.9 Å². The number of piperazine rings is 1. The zero-order chi connectivity index (χ0) is 21.8. The Morgan fingerprint density at radius 3 is 2.29 bits per heavy atom. The van der Waals surface area contributed by atoms with Gasteiger partial charge in [0.25, 0.3) is 0 Å². The summed E-state index contributed by atoms with van der Waals surface area (Å²) in [7, 11) is -3.52. The first-order valence-corrected chi connectivity index (χ1v) is 12.2. The van der Waals surface area contributed by atoms with Crippen LogP contribution >= 0.6 is 0 Å². The van der Waals surface area contributed by atoms with Crippen LogP contribution in [0.4, 0.5) is 4.39 Å². The van der Waals surface area contributed by atoms with Crippen LogP contribution in [0.3, 0.4) is 0 Å². The SMILES string of the molecule is O=C([C@H]1CCCN(Cc2ccc(F)cc2)C1)N1CCN(S(=O)(=O)c2ccccc2)CC1. The third-order valence-corrected chi connectivity index (χ3v) is 8.02. The molecule has 2 aromatic carbocycles. The van der Waals surface area contributed by atoms with Crippen LogP contribution in [-0.4, -0.2) is 67.7 Å². The Balaban J connectivity index is 1.32. The van der Waals surface area contributed by atoms with Crippen LogP contribution in [0.1, 0.15) is 18.4 Å². The minimum absolute atomic E-state index is 0.0773. The maximum Gasteiger partial charge on any atom is 0.243 e. The average molecular weight is 446 g/mol. The van der Waals surface area contributed by atoms with E-state index in [0.29, 0.717) is 44.2 Å². The Bertz CT molecular complexity index is 990. The van der Waals surface area contributed by atoms with Gasteiger partial charge in [-0.15, -0.1) is 0 Å². The number of carbonyl (C=O) groups excluding carboxylic acids is 1. The van der Waals surface area contributed by atoms with Gasteiger partial charge in [-0.05, 0) is 49.2 Å². The standard InChI is InChI=1S/C23H28FN3O3S/c24-21-10-8-19(9-11-21)17-25-12-4-5-20(18-25)23(28)26-13-15-27(16-14-26)31(29,30)22-6-2-1-3-7-22/h1-3,6-11,20H,4-5,12-18H2/t20-/m0/s1. The van der Waals surface area contributed by atoms with Crippen LogP contribution in [0, 0.1) is 11.7 Å². The molecular weight excluding hydrogens is 417 g/mol. The summed E-state index contributed by atoms with van der Waals surface area (Å²) < 4.78 is 40.2. The molecule has 2 aliphatic rings. The molecule has 6 nitrogen and oxygen atoms in total.